The molecule has 1 aromatic rings. The molecule has 1 aliphatic rings. The minimum atomic E-state index is 0.179. The van der Waals surface area contributed by atoms with Gasteiger partial charge in [0.25, 0.3) is 0 Å². The maximum atomic E-state index is 5.55. The van der Waals surface area contributed by atoms with E-state index in [2.05, 4.69) is 16.3 Å². The Morgan fingerprint density at radius 1 is 1.50 bits per heavy atom. The molecule has 1 atom stereocenters. The topological polar surface area (TPSA) is 35.0 Å². The summed E-state index contributed by atoms with van der Waals surface area (Å²) in [6.45, 7) is 0.856. The van der Waals surface area contributed by atoms with Gasteiger partial charge in [0.05, 0.1) is 11.8 Å². The first-order valence-corrected chi connectivity index (χ1v) is 4.27. The molecule has 2 rings (SSSR count). The summed E-state index contributed by atoms with van der Waals surface area (Å²) in [4.78, 5) is 7.79. The zero-order chi connectivity index (χ0) is 8.23. The highest BCUT2D eigenvalue weighted by molar-refractivity contribution is 5.02. The molecule has 0 spiro atoms. The standard InChI is InChI=1S/C9H11N2O/c1-2-6-12-9(3-1)8-4-5-10-7-11-8/h4-5,9H,1-3,6H2. The van der Waals surface area contributed by atoms with Crippen LogP contribution in [0.5, 0.6) is 0 Å². The third-order valence-electron chi connectivity index (χ3n) is 2.07. The van der Waals surface area contributed by atoms with Crippen molar-refractivity contribution in [2.45, 2.75) is 25.4 Å². The van der Waals surface area contributed by atoms with E-state index in [9.17, 15) is 0 Å². The highest BCUT2D eigenvalue weighted by Gasteiger charge is 2.16. The fraction of sp³-hybridized carbons (Fsp3) is 0.556. The molecule has 0 amide bonds. The molecular weight excluding hydrogens is 152 g/mol. The van der Waals surface area contributed by atoms with Gasteiger partial charge < -0.3 is 4.74 Å². The van der Waals surface area contributed by atoms with Crippen molar-refractivity contribution in [1.29, 1.82) is 0 Å². The molecule has 0 saturated carbocycles. The lowest BCUT2D eigenvalue weighted by atomic mass is 10.1. The summed E-state index contributed by atoms with van der Waals surface area (Å²) in [7, 11) is 0. The molecule has 1 aromatic heterocycles. The van der Waals surface area contributed by atoms with E-state index in [1.807, 2.05) is 6.07 Å². The molecule has 0 N–H and O–H groups in total. The maximum Gasteiger partial charge on any atom is 0.198 e. The van der Waals surface area contributed by atoms with E-state index in [-0.39, 0.29) is 6.10 Å². The van der Waals surface area contributed by atoms with Gasteiger partial charge in [-0.15, -0.1) is 0 Å². The summed E-state index contributed by atoms with van der Waals surface area (Å²) in [6, 6.07) is 1.90. The molecule has 2 heterocycles. The molecule has 3 nitrogen and oxygen atoms in total. The van der Waals surface area contributed by atoms with E-state index < -0.39 is 0 Å². The Morgan fingerprint density at radius 2 is 2.50 bits per heavy atom. The lowest BCUT2D eigenvalue weighted by molar-refractivity contribution is 0.0122. The molecule has 1 fully saturated rings. The summed E-state index contributed by atoms with van der Waals surface area (Å²) in [5, 5.41) is 0. The van der Waals surface area contributed by atoms with Crippen LogP contribution in [-0.4, -0.2) is 16.6 Å². The van der Waals surface area contributed by atoms with Crippen LogP contribution in [0.4, 0.5) is 0 Å². The van der Waals surface area contributed by atoms with Crippen LogP contribution in [0.15, 0.2) is 12.3 Å². The minimum Gasteiger partial charge on any atom is -0.372 e. The monoisotopic (exact) mass is 163 g/mol. The molecule has 1 saturated heterocycles. The van der Waals surface area contributed by atoms with Gasteiger partial charge in [-0.25, -0.2) is 9.97 Å². The molecule has 3 heteroatoms. The number of nitrogens with zero attached hydrogens (tertiary/aromatic N) is 2. The average molecular weight is 163 g/mol. The molecule has 1 radical (unpaired) electrons. The maximum absolute atomic E-state index is 5.55. The first-order valence-electron chi connectivity index (χ1n) is 4.27. The highest BCUT2D eigenvalue weighted by Crippen LogP contribution is 2.25. The fourth-order valence-corrected chi connectivity index (χ4v) is 1.42. The summed E-state index contributed by atoms with van der Waals surface area (Å²) < 4.78 is 5.55. The lowest BCUT2D eigenvalue weighted by Crippen LogP contribution is -2.12. The van der Waals surface area contributed by atoms with E-state index >= 15 is 0 Å². The number of hydrogen-bond donors (Lipinski definition) is 0. The van der Waals surface area contributed by atoms with Crippen molar-refractivity contribution in [3.8, 4) is 0 Å². The largest absolute Gasteiger partial charge is 0.372 e. The normalized spacial score (nSPS) is 23.8. The van der Waals surface area contributed by atoms with Gasteiger partial charge in [0.15, 0.2) is 6.33 Å². The van der Waals surface area contributed by atoms with Gasteiger partial charge in [-0.1, -0.05) is 0 Å². The first-order chi connectivity index (χ1) is 5.97. The minimum absolute atomic E-state index is 0.179. The van der Waals surface area contributed by atoms with Gasteiger partial charge in [0.1, 0.15) is 0 Å². The summed E-state index contributed by atoms with van der Waals surface area (Å²) in [6.07, 6.45) is 7.94. The Bertz CT molecular complexity index is 232. The van der Waals surface area contributed by atoms with Crippen molar-refractivity contribution < 1.29 is 4.74 Å². The Morgan fingerprint density at radius 3 is 3.17 bits per heavy atom. The van der Waals surface area contributed by atoms with Gasteiger partial charge in [0.2, 0.25) is 0 Å². The van der Waals surface area contributed by atoms with Crippen LogP contribution < -0.4 is 0 Å². The van der Waals surface area contributed by atoms with Gasteiger partial charge in [0, 0.05) is 12.8 Å². The number of rotatable bonds is 1. The predicted octanol–water partition coefficient (Wildman–Crippen LogP) is 1.52. The Kier molecular flexibility index (Phi) is 2.32. The van der Waals surface area contributed by atoms with Crippen molar-refractivity contribution in [1.82, 2.24) is 9.97 Å². The Balaban J connectivity index is 2.08. The smallest absolute Gasteiger partial charge is 0.198 e. The van der Waals surface area contributed by atoms with Crippen LogP contribution in [0.1, 0.15) is 31.1 Å². The van der Waals surface area contributed by atoms with Crippen molar-refractivity contribution in [3.63, 3.8) is 0 Å². The van der Waals surface area contributed by atoms with E-state index in [4.69, 9.17) is 4.74 Å². The van der Waals surface area contributed by atoms with Crippen molar-refractivity contribution in [2.75, 3.05) is 6.61 Å². The molecule has 1 unspecified atom stereocenters. The third kappa shape index (κ3) is 1.61. The Labute approximate surface area is 71.8 Å². The van der Waals surface area contributed by atoms with Gasteiger partial charge >= 0.3 is 0 Å². The molecular formula is C9H11N2O. The molecule has 0 aliphatic carbocycles. The first kappa shape index (κ1) is 7.68. The van der Waals surface area contributed by atoms with Crippen LogP contribution in [0.2, 0.25) is 0 Å². The zero-order valence-electron chi connectivity index (χ0n) is 6.86. The third-order valence-corrected chi connectivity index (χ3v) is 2.07. The van der Waals surface area contributed by atoms with Gasteiger partial charge in [-0.2, -0.15) is 0 Å². The Hall–Kier alpha value is -0.960. The quantitative estimate of drug-likeness (QED) is 0.629. The second-order valence-corrected chi connectivity index (χ2v) is 2.94. The number of aromatic nitrogens is 2. The average Bonchev–Trinajstić information content (AvgIpc) is 2.21. The summed E-state index contributed by atoms with van der Waals surface area (Å²) in [5.41, 5.74) is 0.963. The lowest BCUT2D eigenvalue weighted by Gasteiger charge is -2.21. The van der Waals surface area contributed by atoms with Crippen LogP contribution in [0.3, 0.4) is 0 Å². The van der Waals surface area contributed by atoms with Crippen LogP contribution in [0.25, 0.3) is 0 Å². The van der Waals surface area contributed by atoms with E-state index in [1.165, 1.54) is 12.8 Å². The highest BCUT2D eigenvalue weighted by atomic mass is 16.5. The van der Waals surface area contributed by atoms with E-state index in [0.29, 0.717) is 0 Å². The zero-order valence-corrected chi connectivity index (χ0v) is 6.86. The predicted molar refractivity (Wildman–Crippen MR) is 43.4 cm³/mol. The molecule has 63 valence electrons. The van der Waals surface area contributed by atoms with Gasteiger partial charge in [-0.05, 0) is 25.3 Å². The number of ether oxygens (including phenoxy) is 1. The van der Waals surface area contributed by atoms with Crippen molar-refractivity contribution in [2.24, 2.45) is 0 Å². The molecule has 0 bridgehead atoms. The molecule has 1 aliphatic heterocycles. The van der Waals surface area contributed by atoms with Crippen molar-refractivity contribution in [3.05, 3.63) is 24.3 Å². The molecule has 12 heavy (non-hydrogen) atoms. The van der Waals surface area contributed by atoms with Gasteiger partial charge in [-0.3, -0.25) is 0 Å². The van der Waals surface area contributed by atoms with E-state index in [1.54, 1.807) is 6.20 Å². The molecule has 0 aromatic carbocycles. The SMILES string of the molecule is [c]1nccc(C2CCCCO2)n1. The second-order valence-electron chi connectivity index (χ2n) is 2.94. The van der Waals surface area contributed by atoms with Crippen molar-refractivity contribution >= 4 is 0 Å². The summed E-state index contributed by atoms with van der Waals surface area (Å²) in [5.74, 6) is 0. The van der Waals surface area contributed by atoms with Crippen LogP contribution in [0, 0.1) is 6.33 Å². The van der Waals surface area contributed by atoms with E-state index in [0.717, 1.165) is 18.7 Å². The number of hydrogen-bond acceptors (Lipinski definition) is 3. The summed E-state index contributed by atoms with van der Waals surface area (Å²) >= 11 is 0. The fourth-order valence-electron chi connectivity index (χ4n) is 1.42. The second kappa shape index (κ2) is 3.63. The van der Waals surface area contributed by atoms with Crippen LogP contribution >= 0.6 is 0 Å². The van der Waals surface area contributed by atoms with Crippen LogP contribution in [-0.2, 0) is 4.74 Å².